The van der Waals surface area contributed by atoms with Crippen LogP contribution in [0.2, 0.25) is 0 Å². The molecule has 52 valence electrons. The van der Waals surface area contributed by atoms with Gasteiger partial charge in [0, 0.05) is 0 Å². The summed E-state index contributed by atoms with van der Waals surface area (Å²) in [6.07, 6.45) is 13.8. The highest BCUT2D eigenvalue weighted by molar-refractivity contribution is 5.30. The van der Waals surface area contributed by atoms with Crippen molar-refractivity contribution in [3.63, 3.8) is 0 Å². The van der Waals surface area contributed by atoms with Gasteiger partial charge in [0.05, 0.1) is 0 Å². The summed E-state index contributed by atoms with van der Waals surface area (Å²) in [5.74, 6) is 1.92. The molecule has 1 spiro atoms. The van der Waals surface area contributed by atoms with E-state index in [9.17, 15) is 0 Å². The van der Waals surface area contributed by atoms with E-state index in [2.05, 4.69) is 24.3 Å². The average molecular weight is 132 g/mol. The van der Waals surface area contributed by atoms with E-state index in [0.717, 1.165) is 11.8 Å². The summed E-state index contributed by atoms with van der Waals surface area (Å²) in [5.41, 5.74) is 0.689. The fourth-order valence-corrected chi connectivity index (χ4v) is 2.76. The summed E-state index contributed by atoms with van der Waals surface area (Å²) in [4.78, 5) is 0. The first kappa shape index (κ1) is 5.17. The molecule has 0 bridgehead atoms. The molecule has 0 nitrogen and oxygen atoms in total. The summed E-state index contributed by atoms with van der Waals surface area (Å²) in [7, 11) is 0. The Morgan fingerprint density at radius 2 is 2.10 bits per heavy atom. The molecule has 3 rings (SSSR count). The molecule has 0 aliphatic heterocycles. The third-order valence-electron chi connectivity index (χ3n) is 3.50. The second-order valence-corrected chi connectivity index (χ2v) is 3.92. The lowest BCUT2D eigenvalue weighted by atomic mass is 9.84. The minimum Gasteiger partial charge on any atom is -0.0879 e. The molecule has 3 aliphatic rings. The van der Waals surface area contributed by atoms with Crippen molar-refractivity contribution in [2.75, 3.05) is 0 Å². The van der Waals surface area contributed by atoms with E-state index in [4.69, 9.17) is 0 Å². The molecule has 0 N–H and O–H groups in total. The van der Waals surface area contributed by atoms with Crippen LogP contribution in [0.5, 0.6) is 0 Å². The van der Waals surface area contributed by atoms with Gasteiger partial charge in [-0.1, -0.05) is 24.3 Å². The zero-order chi connectivity index (χ0) is 6.60. The number of hydrogen-bond donors (Lipinski definition) is 0. The fourth-order valence-electron chi connectivity index (χ4n) is 2.76. The van der Waals surface area contributed by atoms with Gasteiger partial charge in [0.2, 0.25) is 0 Å². The fraction of sp³-hybridized carbons (Fsp3) is 0.600. The highest BCUT2D eigenvalue weighted by Crippen LogP contribution is 2.66. The predicted molar refractivity (Wildman–Crippen MR) is 41.5 cm³/mol. The molecule has 0 saturated heterocycles. The Balaban J connectivity index is 2.06. The van der Waals surface area contributed by atoms with Crippen molar-refractivity contribution in [3.05, 3.63) is 24.3 Å². The third-order valence-corrected chi connectivity index (χ3v) is 3.50. The molecular formula is C10H12. The smallest absolute Gasteiger partial charge is 0.00152 e. The van der Waals surface area contributed by atoms with Gasteiger partial charge in [-0.05, 0) is 36.5 Å². The van der Waals surface area contributed by atoms with E-state index in [-0.39, 0.29) is 0 Å². The lowest BCUT2D eigenvalue weighted by Gasteiger charge is -2.20. The van der Waals surface area contributed by atoms with E-state index < -0.39 is 0 Å². The van der Waals surface area contributed by atoms with Crippen LogP contribution < -0.4 is 0 Å². The number of rotatable bonds is 0. The van der Waals surface area contributed by atoms with E-state index in [1.54, 1.807) is 0 Å². The van der Waals surface area contributed by atoms with Gasteiger partial charge in [0.1, 0.15) is 0 Å². The van der Waals surface area contributed by atoms with Crippen molar-refractivity contribution in [1.29, 1.82) is 0 Å². The maximum absolute atomic E-state index is 2.48. The van der Waals surface area contributed by atoms with Gasteiger partial charge in [-0.25, -0.2) is 0 Å². The van der Waals surface area contributed by atoms with Crippen LogP contribution in [0, 0.1) is 17.3 Å². The molecule has 0 amide bonds. The van der Waals surface area contributed by atoms with Crippen molar-refractivity contribution in [2.45, 2.75) is 19.3 Å². The van der Waals surface area contributed by atoms with Crippen molar-refractivity contribution in [2.24, 2.45) is 17.3 Å². The molecule has 0 aromatic carbocycles. The largest absolute Gasteiger partial charge is 0.0879 e. The predicted octanol–water partition coefficient (Wildman–Crippen LogP) is 2.53. The highest BCUT2D eigenvalue weighted by Gasteiger charge is 2.57. The van der Waals surface area contributed by atoms with Gasteiger partial charge in [-0.3, -0.25) is 0 Å². The topological polar surface area (TPSA) is 0 Å². The van der Waals surface area contributed by atoms with Gasteiger partial charge in [0.25, 0.3) is 0 Å². The Kier molecular flexibility index (Phi) is 0.719. The lowest BCUT2D eigenvalue weighted by molar-refractivity contribution is 0.380. The second-order valence-electron chi connectivity index (χ2n) is 3.92. The quantitative estimate of drug-likeness (QED) is 0.444. The van der Waals surface area contributed by atoms with E-state index in [0.29, 0.717) is 5.41 Å². The van der Waals surface area contributed by atoms with Gasteiger partial charge < -0.3 is 0 Å². The Morgan fingerprint density at radius 3 is 3.00 bits per heavy atom. The molecule has 10 heavy (non-hydrogen) atoms. The monoisotopic (exact) mass is 132 g/mol. The molecule has 0 heteroatoms. The van der Waals surface area contributed by atoms with Crippen LogP contribution in [0.25, 0.3) is 0 Å². The lowest BCUT2D eigenvalue weighted by Crippen LogP contribution is -2.12. The van der Waals surface area contributed by atoms with Gasteiger partial charge >= 0.3 is 0 Å². The summed E-state index contributed by atoms with van der Waals surface area (Å²) in [6, 6.07) is 0. The standard InChI is InChI=1S/C10H12/c1-3-8-5-2-6-10(8)7-9(10)4-1/h1-2,4,6,8-9H,3,5,7H2. The molecule has 3 atom stereocenters. The first-order chi connectivity index (χ1) is 4.92. The first-order valence-electron chi connectivity index (χ1n) is 4.26. The summed E-state index contributed by atoms with van der Waals surface area (Å²) in [5, 5.41) is 0. The van der Waals surface area contributed by atoms with Crippen LogP contribution in [0.1, 0.15) is 19.3 Å². The van der Waals surface area contributed by atoms with Gasteiger partial charge in [0.15, 0.2) is 0 Å². The SMILES string of the molecule is C1=CC2CC23C=CCC3C1. The Hall–Kier alpha value is -0.520. The molecule has 1 saturated carbocycles. The molecule has 1 fully saturated rings. The van der Waals surface area contributed by atoms with Crippen molar-refractivity contribution < 1.29 is 0 Å². The number of hydrogen-bond acceptors (Lipinski definition) is 0. The molecule has 0 heterocycles. The van der Waals surface area contributed by atoms with E-state index in [1.807, 2.05) is 0 Å². The van der Waals surface area contributed by atoms with Crippen LogP contribution in [0.15, 0.2) is 24.3 Å². The zero-order valence-electron chi connectivity index (χ0n) is 6.09. The van der Waals surface area contributed by atoms with Crippen LogP contribution in [0.3, 0.4) is 0 Å². The minimum atomic E-state index is 0.689. The van der Waals surface area contributed by atoms with Crippen LogP contribution in [0.4, 0.5) is 0 Å². The molecule has 0 radical (unpaired) electrons. The van der Waals surface area contributed by atoms with Crippen LogP contribution >= 0.6 is 0 Å². The molecule has 3 aliphatic carbocycles. The highest BCUT2D eigenvalue weighted by atomic mass is 14.6. The van der Waals surface area contributed by atoms with Crippen molar-refractivity contribution in [1.82, 2.24) is 0 Å². The number of allylic oxidation sites excluding steroid dienone is 4. The molecule has 0 aromatic rings. The summed E-state index contributed by atoms with van der Waals surface area (Å²) >= 11 is 0. The Labute approximate surface area is 61.6 Å². The van der Waals surface area contributed by atoms with E-state index in [1.165, 1.54) is 19.3 Å². The molecule has 3 unspecified atom stereocenters. The summed E-state index contributed by atoms with van der Waals surface area (Å²) < 4.78 is 0. The van der Waals surface area contributed by atoms with Crippen LogP contribution in [-0.4, -0.2) is 0 Å². The average Bonchev–Trinajstić information content (AvgIpc) is 2.51. The maximum atomic E-state index is 2.48. The summed E-state index contributed by atoms with van der Waals surface area (Å²) in [6.45, 7) is 0. The Morgan fingerprint density at radius 1 is 1.20 bits per heavy atom. The minimum absolute atomic E-state index is 0.689. The maximum Gasteiger partial charge on any atom is -0.00152 e. The zero-order valence-corrected chi connectivity index (χ0v) is 6.09. The van der Waals surface area contributed by atoms with E-state index >= 15 is 0 Å². The van der Waals surface area contributed by atoms with Crippen molar-refractivity contribution in [3.8, 4) is 0 Å². The third kappa shape index (κ3) is 0.416. The first-order valence-corrected chi connectivity index (χ1v) is 4.26. The normalized spacial score (nSPS) is 54.4. The van der Waals surface area contributed by atoms with Crippen molar-refractivity contribution >= 4 is 0 Å². The second kappa shape index (κ2) is 1.39. The van der Waals surface area contributed by atoms with Crippen LogP contribution in [-0.2, 0) is 0 Å². The van der Waals surface area contributed by atoms with Gasteiger partial charge in [-0.15, -0.1) is 0 Å². The Bertz CT molecular complexity index is 224. The molecular weight excluding hydrogens is 120 g/mol. The van der Waals surface area contributed by atoms with Gasteiger partial charge in [-0.2, -0.15) is 0 Å². The molecule has 0 aromatic heterocycles.